The first-order valence-electron chi connectivity index (χ1n) is 2.29. The van der Waals surface area contributed by atoms with Gasteiger partial charge >= 0.3 is 0 Å². The lowest BCUT2D eigenvalue weighted by Gasteiger charge is -1.91. The second-order valence-electron chi connectivity index (χ2n) is 1.41. The molecule has 0 spiro atoms. The zero-order valence-corrected chi connectivity index (χ0v) is 7.09. The first kappa shape index (κ1) is 7.77. The van der Waals surface area contributed by atoms with Crippen molar-refractivity contribution in [1.29, 1.82) is 0 Å². The Morgan fingerprint density at radius 3 is 2.80 bits per heavy atom. The molecular weight excluding hydrogens is 220 g/mol. The monoisotopic (exact) mass is 222 g/mol. The first-order chi connectivity index (χ1) is 4.70. The van der Waals surface area contributed by atoms with Crippen LogP contribution in [0.4, 0.5) is 0 Å². The maximum Gasteiger partial charge on any atom is 0.247 e. The van der Waals surface area contributed by atoms with Crippen LogP contribution in [-0.4, -0.2) is 18.7 Å². The van der Waals surface area contributed by atoms with Gasteiger partial charge < -0.3 is 0 Å². The second-order valence-corrected chi connectivity index (χ2v) is 3.09. The molecule has 0 radical (unpaired) electrons. The lowest BCUT2D eigenvalue weighted by Crippen LogP contribution is -1.95. The van der Waals surface area contributed by atoms with E-state index in [1.807, 2.05) is 0 Å². The minimum atomic E-state index is -2.09. The molecule has 4 nitrogen and oxygen atoms in total. The SMILES string of the molecule is O=S(O)c1nccc(Br)n1. The Morgan fingerprint density at radius 1 is 1.70 bits per heavy atom. The molecule has 0 aliphatic heterocycles. The lowest BCUT2D eigenvalue weighted by atomic mass is 10.7. The van der Waals surface area contributed by atoms with Crippen molar-refractivity contribution < 1.29 is 8.76 Å². The highest BCUT2D eigenvalue weighted by molar-refractivity contribution is 9.10. The highest BCUT2D eigenvalue weighted by Gasteiger charge is 2.01. The number of nitrogens with zero attached hydrogens (tertiary/aromatic N) is 2. The van der Waals surface area contributed by atoms with Crippen molar-refractivity contribution in [3.05, 3.63) is 16.9 Å². The third-order valence-electron chi connectivity index (χ3n) is 0.756. The Hall–Kier alpha value is -0.330. The zero-order chi connectivity index (χ0) is 7.56. The largest absolute Gasteiger partial charge is 0.300 e. The van der Waals surface area contributed by atoms with E-state index in [-0.39, 0.29) is 5.16 Å². The molecule has 1 aromatic rings. The van der Waals surface area contributed by atoms with Gasteiger partial charge in [0.25, 0.3) is 0 Å². The van der Waals surface area contributed by atoms with Gasteiger partial charge in [-0.1, -0.05) is 0 Å². The normalized spacial score (nSPS) is 13.0. The number of hydrogen-bond donors (Lipinski definition) is 1. The Morgan fingerprint density at radius 2 is 2.40 bits per heavy atom. The molecule has 1 N–H and O–H groups in total. The van der Waals surface area contributed by atoms with Gasteiger partial charge in [0.05, 0.1) is 0 Å². The van der Waals surface area contributed by atoms with Crippen LogP contribution < -0.4 is 0 Å². The number of hydrogen-bond acceptors (Lipinski definition) is 3. The van der Waals surface area contributed by atoms with Crippen molar-refractivity contribution >= 4 is 27.0 Å². The van der Waals surface area contributed by atoms with Crippen LogP contribution in [0.5, 0.6) is 0 Å². The zero-order valence-electron chi connectivity index (χ0n) is 4.69. The van der Waals surface area contributed by atoms with Gasteiger partial charge in [0.2, 0.25) is 16.2 Å². The van der Waals surface area contributed by atoms with Gasteiger partial charge in [0.1, 0.15) is 4.60 Å². The number of aromatic nitrogens is 2. The number of halogens is 1. The molecule has 0 saturated carbocycles. The molecule has 0 aliphatic rings. The molecule has 0 amide bonds. The van der Waals surface area contributed by atoms with Gasteiger partial charge in [-0.05, 0) is 22.0 Å². The predicted molar refractivity (Wildman–Crippen MR) is 38.8 cm³/mol. The van der Waals surface area contributed by atoms with Crippen molar-refractivity contribution in [2.45, 2.75) is 5.16 Å². The quantitative estimate of drug-likeness (QED) is 0.435. The first-order valence-corrected chi connectivity index (χ1v) is 4.19. The summed E-state index contributed by atoms with van der Waals surface area (Å²) in [6.07, 6.45) is 1.40. The topological polar surface area (TPSA) is 63.1 Å². The maximum absolute atomic E-state index is 10.3. The molecule has 1 heterocycles. The summed E-state index contributed by atoms with van der Waals surface area (Å²) in [7, 11) is 0. The van der Waals surface area contributed by atoms with Crippen molar-refractivity contribution in [3.8, 4) is 0 Å². The van der Waals surface area contributed by atoms with Crippen LogP contribution in [-0.2, 0) is 11.1 Å². The molecule has 54 valence electrons. The van der Waals surface area contributed by atoms with Crippen LogP contribution >= 0.6 is 15.9 Å². The molecular formula is C4H3BrN2O2S. The standard InChI is InChI=1S/C4H3BrN2O2S/c5-3-1-2-6-4(7-3)10(8)9/h1-2H,(H,8,9). The third-order valence-corrected chi connectivity index (χ3v) is 1.71. The van der Waals surface area contributed by atoms with Crippen LogP contribution in [0.3, 0.4) is 0 Å². The molecule has 0 fully saturated rings. The third kappa shape index (κ3) is 1.83. The van der Waals surface area contributed by atoms with Crippen molar-refractivity contribution in [3.63, 3.8) is 0 Å². The number of rotatable bonds is 1. The van der Waals surface area contributed by atoms with Crippen LogP contribution in [0.25, 0.3) is 0 Å². The minimum absolute atomic E-state index is 0.0885. The van der Waals surface area contributed by atoms with Crippen molar-refractivity contribution in [2.75, 3.05) is 0 Å². The molecule has 1 rings (SSSR count). The summed E-state index contributed by atoms with van der Waals surface area (Å²) in [5.41, 5.74) is 0. The molecule has 6 heteroatoms. The smallest absolute Gasteiger partial charge is 0.247 e. The fourth-order valence-corrected chi connectivity index (χ4v) is 1.14. The van der Waals surface area contributed by atoms with Crippen LogP contribution in [0.1, 0.15) is 0 Å². The fraction of sp³-hybridized carbons (Fsp3) is 0. The van der Waals surface area contributed by atoms with E-state index in [4.69, 9.17) is 4.55 Å². The Kier molecular flexibility index (Phi) is 2.47. The summed E-state index contributed by atoms with van der Waals surface area (Å²) in [6, 6.07) is 1.58. The van der Waals surface area contributed by atoms with Gasteiger partial charge in [-0.2, -0.15) is 0 Å². The van der Waals surface area contributed by atoms with Crippen LogP contribution in [0.15, 0.2) is 22.0 Å². The summed E-state index contributed by atoms with van der Waals surface area (Å²) in [4.78, 5) is 7.18. The average Bonchev–Trinajstić information content (AvgIpc) is 1.88. The summed E-state index contributed by atoms with van der Waals surface area (Å²) in [5.74, 6) is 0. The van der Waals surface area contributed by atoms with E-state index >= 15 is 0 Å². The Balaban J connectivity index is 3.07. The van der Waals surface area contributed by atoms with Gasteiger partial charge in [0.15, 0.2) is 0 Å². The molecule has 1 atom stereocenters. The molecule has 0 bridgehead atoms. The van der Waals surface area contributed by atoms with Crippen LogP contribution in [0, 0.1) is 0 Å². The molecule has 1 unspecified atom stereocenters. The van der Waals surface area contributed by atoms with Crippen molar-refractivity contribution in [2.24, 2.45) is 0 Å². The molecule has 10 heavy (non-hydrogen) atoms. The lowest BCUT2D eigenvalue weighted by molar-refractivity contribution is 0.554. The van der Waals surface area contributed by atoms with Gasteiger partial charge in [0, 0.05) is 6.20 Å². The summed E-state index contributed by atoms with van der Waals surface area (Å²) in [5, 5.41) is -0.0885. The Bertz CT molecular complexity index is 267. The molecule has 0 aliphatic carbocycles. The van der Waals surface area contributed by atoms with E-state index in [1.165, 1.54) is 6.20 Å². The fourth-order valence-electron chi connectivity index (χ4n) is 0.404. The minimum Gasteiger partial charge on any atom is -0.300 e. The second kappa shape index (κ2) is 3.18. The van der Waals surface area contributed by atoms with Gasteiger partial charge in [-0.25, -0.2) is 14.2 Å². The average molecular weight is 223 g/mol. The van der Waals surface area contributed by atoms with E-state index in [1.54, 1.807) is 6.07 Å². The van der Waals surface area contributed by atoms with Crippen molar-refractivity contribution in [1.82, 2.24) is 9.97 Å². The molecule has 0 saturated heterocycles. The molecule has 1 aromatic heterocycles. The summed E-state index contributed by atoms with van der Waals surface area (Å²) < 4.78 is 19.3. The summed E-state index contributed by atoms with van der Waals surface area (Å²) >= 11 is 0.942. The maximum atomic E-state index is 10.3. The van der Waals surface area contributed by atoms with E-state index in [0.29, 0.717) is 4.60 Å². The highest BCUT2D eigenvalue weighted by atomic mass is 79.9. The van der Waals surface area contributed by atoms with E-state index < -0.39 is 11.1 Å². The highest BCUT2D eigenvalue weighted by Crippen LogP contribution is 2.04. The van der Waals surface area contributed by atoms with E-state index in [0.717, 1.165) is 0 Å². The van der Waals surface area contributed by atoms with E-state index in [2.05, 4.69) is 25.9 Å². The van der Waals surface area contributed by atoms with Gasteiger partial charge in [-0.15, -0.1) is 0 Å². The Labute approximate surface area is 68.1 Å². The van der Waals surface area contributed by atoms with E-state index in [9.17, 15) is 4.21 Å². The predicted octanol–water partition coefficient (Wildman–Crippen LogP) is 0.820. The van der Waals surface area contributed by atoms with Gasteiger partial charge in [-0.3, -0.25) is 4.55 Å². The molecule has 0 aromatic carbocycles. The summed E-state index contributed by atoms with van der Waals surface area (Å²) in [6.45, 7) is 0. The van der Waals surface area contributed by atoms with Crippen LogP contribution in [0.2, 0.25) is 0 Å².